The van der Waals surface area contributed by atoms with Crippen molar-refractivity contribution in [1.82, 2.24) is 20.3 Å². The summed E-state index contributed by atoms with van der Waals surface area (Å²) in [6, 6.07) is 10.1. The Morgan fingerprint density at radius 1 is 1.06 bits per heavy atom. The van der Waals surface area contributed by atoms with Crippen LogP contribution in [0.2, 0.25) is 5.02 Å². The van der Waals surface area contributed by atoms with Crippen LogP contribution in [0.25, 0.3) is 22.4 Å². The molecule has 0 saturated carbocycles. The number of piperidine rings is 1. The van der Waals surface area contributed by atoms with E-state index in [9.17, 15) is 5.11 Å². The number of hydrogen-bond acceptors (Lipinski definition) is 7. The molecule has 0 amide bonds. The van der Waals surface area contributed by atoms with Crippen molar-refractivity contribution in [3.8, 4) is 29.1 Å². The number of imidazole rings is 1. The third-order valence-electron chi connectivity index (χ3n) is 6.57. The largest absolute Gasteiger partial charge is 0.456 e. The maximum absolute atomic E-state index is 9.91. The van der Waals surface area contributed by atoms with Gasteiger partial charge in [-0.25, -0.2) is 4.98 Å². The van der Waals surface area contributed by atoms with E-state index in [-0.39, 0.29) is 24.9 Å². The molecule has 34 heavy (non-hydrogen) atoms. The Labute approximate surface area is 202 Å². The number of H-pyrrole nitrogens is 1. The molecule has 3 aromatic rings. The molecule has 2 aromatic heterocycles. The summed E-state index contributed by atoms with van der Waals surface area (Å²) in [7, 11) is 0. The number of hydrogen-bond donors (Lipinski definition) is 3. The Kier molecular flexibility index (Phi) is 5.89. The van der Waals surface area contributed by atoms with E-state index in [2.05, 4.69) is 32.1 Å². The van der Waals surface area contributed by atoms with Crippen molar-refractivity contribution in [1.29, 1.82) is 0 Å². The number of nitrogens with one attached hydrogen (secondary N) is 2. The average molecular weight is 481 g/mol. The standard InChI is InChI=1S/C25H25ClN4O4/c26-17-11-18-24(30-25(28-18)34-20-13-33-22-19(31)12-32-23(20)22)29-21(17)16-5-3-14(4-6-16)1-2-15-7-9-27-10-8-15/h3-6,11,15,19-20,22-23,27,31H,7-10,12-13H2,(H,28,29,30). The molecule has 3 aliphatic rings. The van der Waals surface area contributed by atoms with Gasteiger partial charge in [-0.15, -0.1) is 0 Å². The summed E-state index contributed by atoms with van der Waals surface area (Å²) in [6.07, 6.45) is 0.552. The minimum absolute atomic E-state index is 0.248. The Balaban J connectivity index is 1.19. The van der Waals surface area contributed by atoms with Crippen LogP contribution in [-0.2, 0) is 9.47 Å². The van der Waals surface area contributed by atoms with E-state index in [1.54, 1.807) is 6.07 Å². The predicted octanol–water partition coefficient (Wildman–Crippen LogP) is 2.54. The summed E-state index contributed by atoms with van der Waals surface area (Å²) < 4.78 is 17.2. The van der Waals surface area contributed by atoms with Crippen molar-refractivity contribution < 1.29 is 19.3 Å². The zero-order chi connectivity index (χ0) is 23.1. The van der Waals surface area contributed by atoms with E-state index in [0.717, 1.165) is 37.1 Å². The summed E-state index contributed by atoms with van der Waals surface area (Å²) in [4.78, 5) is 12.3. The number of rotatable bonds is 3. The third-order valence-corrected chi connectivity index (χ3v) is 6.86. The van der Waals surface area contributed by atoms with Crippen LogP contribution in [0.4, 0.5) is 0 Å². The maximum Gasteiger partial charge on any atom is 0.296 e. The summed E-state index contributed by atoms with van der Waals surface area (Å²) in [6.45, 7) is 2.66. The normalized spacial score (nSPS) is 26.9. The van der Waals surface area contributed by atoms with Gasteiger partial charge in [-0.3, -0.25) is 0 Å². The summed E-state index contributed by atoms with van der Waals surface area (Å²) >= 11 is 6.56. The van der Waals surface area contributed by atoms with E-state index in [1.165, 1.54) is 0 Å². The summed E-state index contributed by atoms with van der Waals surface area (Å²) in [5.74, 6) is 7.14. The number of aromatic nitrogens is 3. The van der Waals surface area contributed by atoms with E-state index >= 15 is 0 Å². The van der Waals surface area contributed by atoms with Crippen LogP contribution < -0.4 is 10.1 Å². The maximum atomic E-state index is 9.91. The molecule has 0 aliphatic carbocycles. The van der Waals surface area contributed by atoms with Gasteiger partial charge in [0.25, 0.3) is 6.01 Å². The van der Waals surface area contributed by atoms with E-state index in [1.807, 2.05) is 24.3 Å². The molecule has 176 valence electrons. The highest BCUT2D eigenvalue weighted by Gasteiger charge is 2.48. The average Bonchev–Trinajstić information content (AvgIpc) is 3.55. The molecule has 3 aliphatic heterocycles. The topological polar surface area (TPSA) is 102 Å². The molecule has 5 heterocycles. The molecule has 1 aromatic carbocycles. The lowest BCUT2D eigenvalue weighted by Crippen LogP contribution is -2.34. The molecule has 6 rings (SSSR count). The SMILES string of the molecule is OC1COC2C(Oc3nc4nc(-c5ccc(C#CC6CCNCC6)cc5)c(Cl)cc4[nH]3)COC12. The molecule has 3 fully saturated rings. The van der Waals surface area contributed by atoms with Crippen LogP contribution in [0.3, 0.4) is 0 Å². The molecular formula is C25H25ClN4O4. The van der Waals surface area contributed by atoms with Gasteiger partial charge < -0.3 is 29.6 Å². The van der Waals surface area contributed by atoms with Crippen LogP contribution >= 0.6 is 11.6 Å². The number of ether oxygens (including phenoxy) is 3. The zero-order valence-electron chi connectivity index (χ0n) is 18.5. The molecule has 3 N–H and O–H groups in total. The lowest BCUT2D eigenvalue weighted by molar-refractivity contribution is 0.00706. The molecule has 3 saturated heterocycles. The van der Waals surface area contributed by atoms with Crippen molar-refractivity contribution in [2.75, 3.05) is 26.3 Å². The van der Waals surface area contributed by atoms with Gasteiger partial charge in [0.1, 0.15) is 18.3 Å². The van der Waals surface area contributed by atoms with Crippen molar-refractivity contribution in [2.24, 2.45) is 5.92 Å². The van der Waals surface area contributed by atoms with E-state index in [4.69, 9.17) is 25.8 Å². The van der Waals surface area contributed by atoms with Gasteiger partial charge in [-0.1, -0.05) is 35.6 Å². The Morgan fingerprint density at radius 2 is 1.85 bits per heavy atom. The molecule has 4 atom stereocenters. The van der Waals surface area contributed by atoms with Crippen LogP contribution in [0.15, 0.2) is 30.3 Å². The second-order valence-corrected chi connectivity index (χ2v) is 9.33. The molecule has 4 unspecified atom stereocenters. The lowest BCUT2D eigenvalue weighted by Gasteiger charge is -2.17. The predicted molar refractivity (Wildman–Crippen MR) is 127 cm³/mol. The number of nitrogens with zero attached hydrogens (tertiary/aromatic N) is 2. The Morgan fingerprint density at radius 3 is 2.68 bits per heavy atom. The van der Waals surface area contributed by atoms with Gasteiger partial charge in [0, 0.05) is 17.0 Å². The van der Waals surface area contributed by atoms with Crippen molar-refractivity contribution >= 4 is 22.8 Å². The van der Waals surface area contributed by atoms with Gasteiger partial charge in [-0.2, -0.15) is 4.98 Å². The molecule has 0 radical (unpaired) electrons. The fraction of sp³-hybridized carbons (Fsp3) is 0.440. The van der Waals surface area contributed by atoms with Crippen molar-refractivity contribution in [3.63, 3.8) is 0 Å². The summed E-state index contributed by atoms with van der Waals surface area (Å²) in [5, 5.41) is 13.8. The smallest absolute Gasteiger partial charge is 0.296 e. The quantitative estimate of drug-likeness (QED) is 0.495. The number of benzene rings is 1. The zero-order valence-corrected chi connectivity index (χ0v) is 19.2. The summed E-state index contributed by atoms with van der Waals surface area (Å²) in [5.41, 5.74) is 3.70. The van der Waals surface area contributed by atoms with Crippen LogP contribution in [0, 0.1) is 17.8 Å². The first-order valence-electron chi connectivity index (χ1n) is 11.6. The van der Waals surface area contributed by atoms with Crippen molar-refractivity contribution in [2.45, 2.75) is 37.3 Å². The number of pyridine rings is 1. The first-order valence-corrected chi connectivity index (χ1v) is 12.0. The monoisotopic (exact) mass is 480 g/mol. The number of aromatic amines is 1. The van der Waals surface area contributed by atoms with Gasteiger partial charge in [0.15, 0.2) is 11.8 Å². The van der Waals surface area contributed by atoms with E-state index < -0.39 is 6.10 Å². The molecule has 8 nitrogen and oxygen atoms in total. The van der Waals surface area contributed by atoms with Crippen LogP contribution in [0.5, 0.6) is 6.01 Å². The van der Waals surface area contributed by atoms with E-state index in [0.29, 0.717) is 40.4 Å². The van der Waals surface area contributed by atoms with Crippen LogP contribution in [0.1, 0.15) is 18.4 Å². The Bertz CT molecular complexity index is 1250. The number of aliphatic hydroxyl groups is 1. The van der Waals surface area contributed by atoms with Gasteiger partial charge in [0.05, 0.1) is 29.4 Å². The molecule has 0 bridgehead atoms. The number of halogens is 1. The minimum atomic E-state index is -0.626. The molecular weight excluding hydrogens is 456 g/mol. The fourth-order valence-corrected chi connectivity index (χ4v) is 4.97. The Hall–Kier alpha value is -2.67. The second-order valence-electron chi connectivity index (χ2n) is 8.92. The minimum Gasteiger partial charge on any atom is -0.456 e. The second kappa shape index (κ2) is 9.17. The van der Waals surface area contributed by atoms with Crippen LogP contribution in [-0.4, -0.2) is 70.8 Å². The van der Waals surface area contributed by atoms with Gasteiger partial charge in [0.2, 0.25) is 0 Å². The fourth-order valence-electron chi connectivity index (χ4n) is 4.71. The third kappa shape index (κ3) is 4.26. The first kappa shape index (κ1) is 21.8. The van der Waals surface area contributed by atoms with Gasteiger partial charge >= 0.3 is 0 Å². The van der Waals surface area contributed by atoms with Crippen molar-refractivity contribution in [3.05, 3.63) is 40.9 Å². The molecule has 0 spiro atoms. The highest BCUT2D eigenvalue weighted by molar-refractivity contribution is 6.33. The molecule has 9 heteroatoms. The van der Waals surface area contributed by atoms with Gasteiger partial charge in [-0.05, 0) is 44.1 Å². The highest BCUT2D eigenvalue weighted by Crippen LogP contribution is 2.32. The first-order chi connectivity index (χ1) is 16.6. The highest BCUT2D eigenvalue weighted by atomic mass is 35.5. The number of fused-ring (bicyclic) bond motifs is 2. The lowest BCUT2D eigenvalue weighted by atomic mass is 9.98. The number of aliphatic hydroxyl groups excluding tert-OH is 1.